The van der Waals surface area contributed by atoms with E-state index in [9.17, 15) is 0 Å². The van der Waals surface area contributed by atoms with Gasteiger partial charge in [0.2, 0.25) is 0 Å². The van der Waals surface area contributed by atoms with Gasteiger partial charge in [0.25, 0.3) is 0 Å². The van der Waals surface area contributed by atoms with Crippen LogP contribution in [0.3, 0.4) is 0 Å². The largest absolute Gasteiger partial charge is 0.317 e. The molecule has 0 atom stereocenters. The molecule has 1 N–H and O–H groups in total. The Morgan fingerprint density at radius 1 is 0.917 bits per heavy atom. The zero-order chi connectivity index (χ0) is 9.07. The smallest absolute Gasteiger partial charge is 0.00313 e. The molecule has 0 saturated carbocycles. The Morgan fingerprint density at radius 2 is 1.58 bits per heavy atom. The van der Waals surface area contributed by atoms with Crippen molar-refractivity contribution in [2.45, 2.75) is 45.4 Å². The first-order chi connectivity index (χ1) is 5.91. The van der Waals surface area contributed by atoms with Crippen LogP contribution in [0, 0.1) is 0 Å². The third-order valence-electron chi connectivity index (χ3n) is 1.94. The van der Waals surface area contributed by atoms with Crippen LogP contribution in [0.15, 0.2) is 0 Å². The maximum Gasteiger partial charge on any atom is 0.00313 e. The third-order valence-corrected chi connectivity index (χ3v) is 2.51. The lowest BCUT2D eigenvalue weighted by atomic mass is 10.2. The van der Waals surface area contributed by atoms with Crippen molar-refractivity contribution in [1.29, 1.82) is 0 Å². The maximum absolute atomic E-state index is 3.46. The molecule has 0 aromatic carbocycles. The second-order valence-electron chi connectivity index (χ2n) is 3.21. The Kier molecular flexibility index (Phi) is 11.9. The fourth-order valence-electron chi connectivity index (χ4n) is 1.15. The quantitative estimate of drug-likeness (QED) is 0.478. The molecule has 0 saturated heterocycles. The first kappa shape index (κ1) is 12.4. The fraction of sp³-hybridized carbons (Fsp3) is 1.00. The molecule has 0 aromatic rings. The molecule has 0 amide bonds. The van der Waals surface area contributed by atoms with Crippen molar-refractivity contribution < 1.29 is 0 Å². The summed E-state index contributed by atoms with van der Waals surface area (Å²) < 4.78 is 0. The molecule has 0 spiro atoms. The molecular formula is C10H22BrN. The fourth-order valence-corrected chi connectivity index (χ4v) is 1.54. The predicted octanol–water partition coefficient (Wildman–Crippen LogP) is 3.33. The number of hydrogen-bond acceptors (Lipinski definition) is 1. The minimum Gasteiger partial charge on any atom is -0.317 e. The molecule has 0 rings (SSSR count). The summed E-state index contributed by atoms with van der Waals surface area (Å²) in [6.45, 7) is 4.66. The van der Waals surface area contributed by atoms with E-state index in [-0.39, 0.29) is 0 Å². The predicted molar refractivity (Wildman–Crippen MR) is 60.0 cm³/mol. The number of halogens is 1. The molecule has 0 unspecified atom stereocenters. The van der Waals surface area contributed by atoms with E-state index in [0.29, 0.717) is 0 Å². The van der Waals surface area contributed by atoms with E-state index < -0.39 is 0 Å². The van der Waals surface area contributed by atoms with Gasteiger partial charge in [0.1, 0.15) is 0 Å². The molecule has 74 valence electrons. The molecule has 0 heterocycles. The van der Waals surface area contributed by atoms with Gasteiger partial charge in [0, 0.05) is 5.33 Å². The molecule has 0 aliphatic rings. The number of unbranched alkanes of at least 4 members (excludes halogenated alkanes) is 4. The monoisotopic (exact) mass is 235 g/mol. The van der Waals surface area contributed by atoms with Crippen molar-refractivity contribution in [1.82, 2.24) is 5.32 Å². The molecule has 0 aliphatic carbocycles. The molecule has 0 radical (unpaired) electrons. The molecular weight excluding hydrogens is 214 g/mol. The van der Waals surface area contributed by atoms with Gasteiger partial charge in [-0.15, -0.1) is 0 Å². The Balaban J connectivity index is 2.73. The van der Waals surface area contributed by atoms with E-state index in [0.717, 1.165) is 5.33 Å². The topological polar surface area (TPSA) is 12.0 Å². The Morgan fingerprint density at radius 3 is 2.17 bits per heavy atom. The number of alkyl halides is 1. The molecule has 0 fully saturated rings. The van der Waals surface area contributed by atoms with Crippen LogP contribution in [0.1, 0.15) is 45.4 Å². The van der Waals surface area contributed by atoms with Gasteiger partial charge in [-0.3, -0.25) is 0 Å². The highest BCUT2D eigenvalue weighted by Crippen LogP contribution is 1.97. The van der Waals surface area contributed by atoms with E-state index in [2.05, 4.69) is 28.2 Å². The summed E-state index contributed by atoms with van der Waals surface area (Å²) in [6, 6.07) is 0. The van der Waals surface area contributed by atoms with Gasteiger partial charge in [-0.05, 0) is 32.4 Å². The highest BCUT2D eigenvalue weighted by molar-refractivity contribution is 9.09. The molecule has 2 heteroatoms. The molecule has 0 bridgehead atoms. The van der Waals surface area contributed by atoms with Crippen molar-refractivity contribution in [2.24, 2.45) is 0 Å². The van der Waals surface area contributed by atoms with E-state index >= 15 is 0 Å². The van der Waals surface area contributed by atoms with E-state index in [4.69, 9.17) is 0 Å². The van der Waals surface area contributed by atoms with Crippen molar-refractivity contribution in [3.63, 3.8) is 0 Å². The third kappa shape index (κ3) is 10.4. The average Bonchev–Trinajstić information content (AvgIpc) is 2.10. The first-order valence-electron chi connectivity index (χ1n) is 5.18. The van der Waals surface area contributed by atoms with Gasteiger partial charge in [-0.25, -0.2) is 0 Å². The van der Waals surface area contributed by atoms with E-state index in [1.54, 1.807) is 0 Å². The normalized spacial score (nSPS) is 10.5. The van der Waals surface area contributed by atoms with Crippen molar-refractivity contribution >= 4 is 15.9 Å². The van der Waals surface area contributed by atoms with Gasteiger partial charge < -0.3 is 5.32 Å². The zero-order valence-corrected chi connectivity index (χ0v) is 9.83. The minimum absolute atomic E-state index is 1.16. The molecule has 12 heavy (non-hydrogen) atoms. The summed E-state index contributed by atoms with van der Waals surface area (Å²) in [7, 11) is 0. The summed E-state index contributed by atoms with van der Waals surface area (Å²) in [6.07, 6.45) is 8.04. The molecule has 0 aromatic heterocycles. The lowest BCUT2D eigenvalue weighted by Crippen LogP contribution is -2.16. The van der Waals surface area contributed by atoms with Crippen LogP contribution in [0.2, 0.25) is 0 Å². The van der Waals surface area contributed by atoms with Gasteiger partial charge in [-0.1, -0.05) is 42.1 Å². The molecule has 1 nitrogen and oxygen atoms in total. The Bertz CT molecular complexity index is 66.2. The standard InChI is InChI=1S/C10H22BrN/c1-2-3-6-9-12-10-7-4-5-8-11/h12H,2-10H2,1H3. The second-order valence-corrected chi connectivity index (χ2v) is 4.00. The van der Waals surface area contributed by atoms with Gasteiger partial charge in [0.15, 0.2) is 0 Å². The Labute approximate surface area is 85.4 Å². The summed E-state index contributed by atoms with van der Waals surface area (Å²) >= 11 is 3.43. The lowest BCUT2D eigenvalue weighted by Gasteiger charge is -2.02. The molecule has 0 aliphatic heterocycles. The second kappa shape index (κ2) is 11.4. The number of rotatable bonds is 9. The Hall–Kier alpha value is 0.440. The number of hydrogen-bond donors (Lipinski definition) is 1. The van der Waals surface area contributed by atoms with Crippen molar-refractivity contribution in [3.05, 3.63) is 0 Å². The van der Waals surface area contributed by atoms with Crippen LogP contribution in [0.4, 0.5) is 0 Å². The highest BCUT2D eigenvalue weighted by atomic mass is 79.9. The van der Waals surface area contributed by atoms with Gasteiger partial charge in [0.05, 0.1) is 0 Å². The van der Waals surface area contributed by atoms with Crippen LogP contribution in [-0.4, -0.2) is 18.4 Å². The lowest BCUT2D eigenvalue weighted by molar-refractivity contribution is 0.584. The summed E-state index contributed by atoms with van der Waals surface area (Å²) in [5.74, 6) is 0. The zero-order valence-electron chi connectivity index (χ0n) is 8.24. The van der Waals surface area contributed by atoms with E-state index in [1.807, 2.05) is 0 Å². The summed E-state index contributed by atoms with van der Waals surface area (Å²) in [5.41, 5.74) is 0. The van der Waals surface area contributed by atoms with Crippen LogP contribution in [0.25, 0.3) is 0 Å². The van der Waals surface area contributed by atoms with Gasteiger partial charge >= 0.3 is 0 Å². The highest BCUT2D eigenvalue weighted by Gasteiger charge is 1.88. The van der Waals surface area contributed by atoms with Crippen LogP contribution >= 0.6 is 15.9 Å². The van der Waals surface area contributed by atoms with Crippen molar-refractivity contribution in [3.8, 4) is 0 Å². The summed E-state index contributed by atoms with van der Waals surface area (Å²) in [4.78, 5) is 0. The SMILES string of the molecule is CCCCCNCCCCCBr. The van der Waals surface area contributed by atoms with E-state index in [1.165, 1.54) is 51.6 Å². The number of nitrogens with one attached hydrogen (secondary N) is 1. The minimum atomic E-state index is 1.16. The van der Waals surface area contributed by atoms with Gasteiger partial charge in [-0.2, -0.15) is 0 Å². The van der Waals surface area contributed by atoms with Crippen LogP contribution < -0.4 is 5.32 Å². The van der Waals surface area contributed by atoms with Crippen LogP contribution in [0.5, 0.6) is 0 Å². The van der Waals surface area contributed by atoms with Crippen LogP contribution in [-0.2, 0) is 0 Å². The maximum atomic E-state index is 3.46. The van der Waals surface area contributed by atoms with Crippen molar-refractivity contribution in [2.75, 3.05) is 18.4 Å². The average molecular weight is 236 g/mol. The first-order valence-corrected chi connectivity index (χ1v) is 6.30. The summed E-state index contributed by atoms with van der Waals surface area (Å²) in [5, 5.41) is 4.62.